The second-order valence-corrected chi connectivity index (χ2v) is 4.38. The van der Waals surface area contributed by atoms with Gasteiger partial charge in [0.1, 0.15) is 5.82 Å². The van der Waals surface area contributed by atoms with Crippen molar-refractivity contribution in [3.8, 4) is 5.69 Å². The van der Waals surface area contributed by atoms with E-state index in [1.165, 1.54) is 0 Å². The zero-order valence-corrected chi connectivity index (χ0v) is 10.8. The predicted molar refractivity (Wildman–Crippen MR) is 71.3 cm³/mol. The summed E-state index contributed by atoms with van der Waals surface area (Å²) >= 11 is 6.20. The first kappa shape index (κ1) is 12.8. The van der Waals surface area contributed by atoms with Gasteiger partial charge in [0.25, 0.3) is 0 Å². The van der Waals surface area contributed by atoms with E-state index in [-0.39, 0.29) is 5.78 Å². The molecule has 0 fully saturated rings. The van der Waals surface area contributed by atoms with E-state index in [2.05, 4.69) is 4.98 Å². The standard InChI is InChI=1S/C13H14ClN3O/c1-9-16-6-7-17(9)12-3-2-10(8-11(12)14)13(18)4-5-15/h2-3,6-8H,4-5,15H2,1H3. The quantitative estimate of drug-likeness (QED) is 0.862. The third kappa shape index (κ3) is 2.44. The van der Waals surface area contributed by atoms with E-state index in [0.29, 0.717) is 23.6 Å². The Hall–Kier alpha value is -1.65. The molecule has 4 nitrogen and oxygen atoms in total. The molecule has 94 valence electrons. The molecule has 1 aromatic heterocycles. The van der Waals surface area contributed by atoms with Gasteiger partial charge in [-0.2, -0.15) is 0 Å². The van der Waals surface area contributed by atoms with Crippen LogP contribution in [0.4, 0.5) is 0 Å². The second-order valence-electron chi connectivity index (χ2n) is 3.97. The second kappa shape index (κ2) is 5.33. The molecule has 0 radical (unpaired) electrons. The van der Waals surface area contributed by atoms with Crippen LogP contribution in [0.2, 0.25) is 5.02 Å². The van der Waals surface area contributed by atoms with Gasteiger partial charge >= 0.3 is 0 Å². The van der Waals surface area contributed by atoms with Crippen molar-refractivity contribution in [2.24, 2.45) is 5.73 Å². The molecule has 0 aliphatic heterocycles. The van der Waals surface area contributed by atoms with Crippen LogP contribution in [-0.4, -0.2) is 21.9 Å². The Balaban J connectivity index is 2.37. The molecule has 18 heavy (non-hydrogen) atoms. The highest BCUT2D eigenvalue weighted by Gasteiger charge is 2.10. The molecule has 5 heteroatoms. The molecular weight excluding hydrogens is 250 g/mol. The third-order valence-electron chi connectivity index (χ3n) is 2.73. The van der Waals surface area contributed by atoms with Crippen molar-refractivity contribution in [3.63, 3.8) is 0 Å². The van der Waals surface area contributed by atoms with E-state index >= 15 is 0 Å². The molecule has 2 rings (SSSR count). The number of nitrogens with zero attached hydrogens (tertiary/aromatic N) is 2. The summed E-state index contributed by atoms with van der Waals surface area (Å²) in [5, 5.41) is 0.527. The third-order valence-corrected chi connectivity index (χ3v) is 3.03. The minimum Gasteiger partial charge on any atom is -0.330 e. The van der Waals surface area contributed by atoms with Crippen LogP contribution >= 0.6 is 11.6 Å². The van der Waals surface area contributed by atoms with Crippen molar-refractivity contribution < 1.29 is 4.79 Å². The van der Waals surface area contributed by atoms with E-state index in [4.69, 9.17) is 17.3 Å². The molecule has 0 spiro atoms. The van der Waals surface area contributed by atoms with Gasteiger partial charge in [0.15, 0.2) is 5.78 Å². The number of ketones is 1. The fourth-order valence-corrected chi connectivity index (χ4v) is 2.06. The first-order valence-corrected chi connectivity index (χ1v) is 6.04. The summed E-state index contributed by atoms with van der Waals surface area (Å²) in [7, 11) is 0. The summed E-state index contributed by atoms with van der Waals surface area (Å²) in [4.78, 5) is 15.8. The first-order valence-electron chi connectivity index (χ1n) is 5.66. The molecule has 0 saturated heterocycles. The number of hydrogen-bond donors (Lipinski definition) is 1. The van der Waals surface area contributed by atoms with E-state index in [0.717, 1.165) is 11.5 Å². The van der Waals surface area contributed by atoms with Crippen molar-refractivity contribution in [2.45, 2.75) is 13.3 Å². The van der Waals surface area contributed by atoms with Crippen LogP contribution in [0.3, 0.4) is 0 Å². The monoisotopic (exact) mass is 263 g/mol. The van der Waals surface area contributed by atoms with Gasteiger partial charge in [-0.05, 0) is 31.7 Å². The number of nitrogens with two attached hydrogens (primary N) is 1. The molecule has 2 aromatic rings. The normalized spacial score (nSPS) is 10.6. The highest BCUT2D eigenvalue weighted by molar-refractivity contribution is 6.32. The lowest BCUT2D eigenvalue weighted by atomic mass is 10.1. The van der Waals surface area contributed by atoms with Crippen molar-refractivity contribution in [1.82, 2.24) is 9.55 Å². The minimum atomic E-state index is 0.00769. The van der Waals surface area contributed by atoms with E-state index in [1.54, 1.807) is 18.3 Å². The van der Waals surface area contributed by atoms with Gasteiger partial charge in [-0.1, -0.05) is 11.6 Å². The molecule has 2 N–H and O–H groups in total. The predicted octanol–water partition coefficient (Wildman–Crippen LogP) is 2.37. The molecule has 1 aromatic carbocycles. The highest BCUT2D eigenvalue weighted by atomic mass is 35.5. The number of hydrogen-bond acceptors (Lipinski definition) is 3. The average molecular weight is 264 g/mol. The van der Waals surface area contributed by atoms with Crippen LogP contribution in [0, 0.1) is 6.92 Å². The van der Waals surface area contributed by atoms with Gasteiger partial charge in [-0.15, -0.1) is 0 Å². The number of benzene rings is 1. The maximum atomic E-state index is 11.7. The maximum absolute atomic E-state index is 11.7. The lowest BCUT2D eigenvalue weighted by Gasteiger charge is -2.09. The molecule has 1 heterocycles. The fourth-order valence-electron chi connectivity index (χ4n) is 1.78. The topological polar surface area (TPSA) is 60.9 Å². The smallest absolute Gasteiger partial charge is 0.164 e. The largest absolute Gasteiger partial charge is 0.330 e. The molecule has 0 saturated carbocycles. The maximum Gasteiger partial charge on any atom is 0.164 e. The van der Waals surface area contributed by atoms with Crippen LogP contribution in [0.15, 0.2) is 30.6 Å². The summed E-state index contributed by atoms with van der Waals surface area (Å²) in [5.41, 5.74) is 6.77. The number of halogens is 1. The van der Waals surface area contributed by atoms with Crippen molar-refractivity contribution in [2.75, 3.05) is 6.54 Å². The number of rotatable bonds is 4. The SMILES string of the molecule is Cc1nccn1-c1ccc(C(=O)CCN)cc1Cl. The van der Waals surface area contributed by atoms with E-state index < -0.39 is 0 Å². The lowest BCUT2D eigenvalue weighted by Crippen LogP contribution is -2.08. The molecular formula is C13H14ClN3O. The van der Waals surface area contributed by atoms with Crippen LogP contribution in [0.5, 0.6) is 0 Å². The number of aryl methyl sites for hydroxylation is 1. The molecule has 0 aliphatic rings. The van der Waals surface area contributed by atoms with Gasteiger partial charge in [0.2, 0.25) is 0 Å². The Morgan fingerprint density at radius 2 is 2.28 bits per heavy atom. The zero-order chi connectivity index (χ0) is 13.1. The Labute approximate surface area is 110 Å². The van der Waals surface area contributed by atoms with Gasteiger partial charge in [0, 0.05) is 24.4 Å². The van der Waals surface area contributed by atoms with Crippen molar-refractivity contribution in [3.05, 3.63) is 47.0 Å². The summed E-state index contributed by atoms with van der Waals surface area (Å²) in [6.45, 7) is 2.24. The summed E-state index contributed by atoms with van der Waals surface area (Å²) in [5.74, 6) is 0.853. The Morgan fingerprint density at radius 1 is 1.50 bits per heavy atom. The number of imidazole rings is 1. The number of carbonyl (C=O) groups is 1. The lowest BCUT2D eigenvalue weighted by molar-refractivity contribution is 0.0985. The van der Waals surface area contributed by atoms with Crippen LogP contribution < -0.4 is 5.73 Å². The molecule has 0 atom stereocenters. The number of carbonyl (C=O) groups excluding carboxylic acids is 1. The van der Waals surface area contributed by atoms with E-state index in [9.17, 15) is 4.79 Å². The Kier molecular flexibility index (Phi) is 3.79. The first-order chi connectivity index (χ1) is 8.63. The summed E-state index contributed by atoms with van der Waals surface area (Å²) < 4.78 is 1.87. The number of Topliss-reactive ketones (excluding diaryl/α,β-unsaturated/α-hetero) is 1. The van der Waals surface area contributed by atoms with Crippen molar-refractivity contribution in [1.29, 1.82) is 0 Å². The summed E-state index contributed by atoms with van der Waals surface area (Å²) in [6, 6.07) is 5.26. The van der Waals surface area contributed by atoms with Gasteiger partial charge in [0.05, 0.1) is 10.7 Å². The van der Waals surface area contributed by atoms with Crippen LogP contribution in [0.25, 0.3) is 5.69 Å². The zero-order valence-electron chi connectivity index (χ0n) is 10.1. The highest BCUT2D eigenvalue weighted by Crippen LogP contribution is 2.23. The van der Waals surface area contributed by atoms with E-state index in [1.807, 2.05) is 23.8 Å². The van der Waals surface area contributed by atoms with Gasteiger partial charge < -0.3 is 10.3 Å². The minimum absolute atomic E-state index is 0.00769. The van der Waals surface area contributed by atoms with Crippen molar-refractivity contribution >= 4 is 17.4 Å². The van der Waals surface area contributed by atoms with Gasteiger partial charge in [-0.25, -0.2) is 4.98 Å². The average Bonchev–Trinajstić information content (AvgIpc) is 2.75. The molecule has 0 amide bonds. The molecule has 0 unspecified atom stereocenters. The molecule has 0 bridgehead atoms. The van der Waals surface area contributed by atoms with Crippen LogP contribution in [-0.2, 0) is 0 Å². The molecule has 0 aliphatic carbocycles. The summed E-state index contributed by atoms with van der Waals surface area (Å²) in [6.07, 6.45) is 3.87. The Bertz CT molecular complexity index is 577. The van der Waals surface area contributed by atoms with Crippen LogP contribution in [0.1, 0.15) is 22.6 Å². The Morgan fingerprint density at radius 3 is 2.83 bits per heavy atom. The van der Waals surface area contributed by atoms with Gasteiger partial charge in [-0.3, -0.25) is 4.79 Å². The number of aromatic nitrogens is 2. The fraction of sp³-hybridized carbons (Fsp3) is 0.231.